The molecular formula is C17H23NO3. The first-order chi connectivity index (χ1) is 10.2. The summed E-state index contributed by atoms with van der Waals surface area (Å²) in [5.74, 6) is 1.65. The summed E-state index contributed by atoms with van der Waals surface area (Å²) in [6.45, 7) is 2.10. The van der Waals surface area contributed by atoms with E-state index in [-0.39, 0.29) is 11.5 Å². The van der Waals surface area contributed by atoms with Crippen LogP contribution in [0.5, 0.6) is 11.5 Å². The molecule has 114 valence electrons. The van der Waals surface area contributed by atoms with E-state index < -0.39 is 0 Å². The predicted octanol–water partition coefficient (Wildman–Crippen LogP) is 2.07. The molecule has 1 saturated heterocycles. The molecule has 1 saturated carbocycles. The van der Waals surface area contributed by atoms with Crippen molar-refractivity contribution in [2.24, 2.45) is 0 Å². The molecule has 1 aromatic carbocycles. The van der Waals surface area contributed by atoms with E-state index in [1.807, 2.05) is 0 Å². The average Bonchev–Trinajstić information content (AvgIpc) is 2.78. The number of ether oxygens (including phenoxy) is 2. The van der Waals surface area contributed by atoms with Crippen molar-refractivity contribution >= 4 is 0 Å². The Labute approximate surface area is 125 Å². The van der Waals surface area contributed by atoms with Gasteiger partial charge in [-0.1, -0.05) is 0 Å². The molecule has 2 heterocycles. The summed E-state index contributed by atoms with van der Waals surface area (Å²) in [6, 6.07) is 4.84. The summed E-state index contributed by atoms with van der Waals surface area (Å²) in [4.78, 5) is 2.55. The molecule has 4 atom stereocenters. The van der Waals surface area contributed by atoms with E-state index in [4.69, 9.17) is 9.47 Å². The molecule has 1 N–H and O–H groups in total. The van der Waals surface area contributed by atoms with Crippen molar-refractivity contribution in [1.82, 2.24) is 4.90 Å². The number of aliphatic hydroxyl groups excluding tert-OH is 1. The van der Waals surface area contributed by atoms with Gasteiger partial charge in [-0.25, -0.2) is 0 Å². The third-order valence-electron chi connectivity index (χ3n) is 5.86. The van der Waals surface area contributed by atoms with Gasteiger partial charge in [0.1, 0.15) is 0 Å². The van der Waals surface area contributed by atoms with Crippen molar-refractivity contribution in [3.05, 3.63) is 23.3 Å². The maximum absolute atomic E-state index is 10.1. The van der Waals surface area contributed by atoms with Crippen molar-refractivity contribution in [3.8, 4) is 11.5 Å². The quantitative estimate of drug-likeness (QED) is 0.905. The van der Waals surface area contributed by atoms with Crippen LogP contribution in [0.2, 0.25) is 0 Å². The van der Waals surface area contributed by atoms with E-state index in [1.165, 1.54) is 17.5 Å². The normalized spacial score (nSPS) is 36.8. The van der Waals surface area contributed by atoms with Gasteiger partial charge in [-0.2, -0.15) is 0 Å². The highest BCUT2D eigenvalue weighted by Crippen LogP contribution is 2.54. The predicted molar refractivity (Wildman–Crippen MR) is 79.9 cm³/mol. The SMILES string of the molecule is COc1cc2c(cc1OC)[C@@]13CC[C@@H](O)C[C@@H]1N(CC3)C2. The zero-order valence-electron chi connectivity index (χ0n) is 12.8. The molecule has 4 heteroatoms. The third kappa shape index (κ3) is 1.75. The Balaban J connectivity index is 1.85. The molecule has 1 aliphatic carbocycles. The van der Waals surface area contributed by atoms with Gasteiger partial charge in [-0.15, -0.1) is 0 Å². The van der Waals surface area contributed by atoms with Crippen LogP contribution in [0, 0.1) is 0 Å². The molecule has 0 aromatic heterocycles. The Hall–Kier alpha value is -1.26. The van der Waals surface area contributed by atoms with Crippen molar-refractivity contribution in [3.63, 3.8) is 0 Å². The Morgan fingerprint density at radius 3 is 2.71 bits per heavy atom. The Kier molecular flexibility index (Phi) is 2.95. The molecule has 2 bridgehead atoms. The summed E-state index contributed by atoms with van der Waals surface area (Å²) < 4.78 is 11.0. The third-order valence-corrected chi connectivity index (χ3v) is 5.86. The van der Waals surface area contributed by atoms with Gasteiger partial charge in [-0.3, -0.25) is 4.90 Å². The van der Waals surface area contributed by atoms with Crippen LogP contribution in [-0.4, -0.2) is 42.9 Å². The van der Waals surface area contributed by atoms with Crippen LogP contribution < -0.4 is 9.47 Å². The maximum atomic E-state index is 10.1. The van der Waals surface area contributed by atoms with E-state index in [9.17, 15) is 5.11 Å². The molecule has 3 aliphatic rings. The summed E-state index contributed by atoms with van der Waals surface area (Å²) in [6.07, 6.45) is 3.97. The largest absolute Gasteiger partial charge is 0.493 e. The summed E-state index contributed by atoms with van der Waals surface area (Å²) in [7, 11) is 3.40. The highest BCUT2D eigenvalue weighted by Gasteiger charge is 2.54. The van der Waals surface area contributed by atoms with Crippen LogP contribution in [0.3, 0.4) is 0 Å². The number of aliphatic hydroxyl groups is 1. The zero-order valence-corrected chi connectivity index (χ0v) is 12.8. The monoisotopic (exact) mass is 289 g/mol. The van der Waals surface area contributed by atoms with Gasteiger partial charge in [-0.05, 0) is 55.5 Å². The summed E-state index contributed by atoms with van der Waals surface area (Å²) >= 11 is 0. The van der Waals surface area contributed by atoms with E-state index in [1.54, 1.807) is 14.2 Å². The van der Waals surface area contributed by atoms with Crippen molar-refractivity contribution < 1.29 is 14.6 Å². The smallest absolute Gasteiger partial charge is 0.161 e. The molecule has 0 spiro atoms. The number of methoxy groups -OCH3 is 2. The van der Waals surface area contributed by atoms with Crippen LogP contribution in [-0.2, 0) is 12.0 Å². The Morgan fingerprint density at radius 2 is 1.95 bits per heavy atom. The number of benzene rings is 1. The molecule has 1 unspecified atom stereocenters. The first-order valence-electron chi connectivity index (χ1n) is 7.85. The fourth-order valence-electron chi connectivity index (χ4n) is 4.85. The molecule has 1 aromatic rings. The summed E-state index contributed by atoms with van der Waals surface area (Å²) in [5.41, 5.74) is 3.02. The van der Waals surface area contributed by atoms with Crippen molar-refractivity contribution in [2.45, 2.75) is 49.8 Å². The van der Waals surface area contributed by atoms with Crippen molar-refractivity contribution in [2.75, 3.05) is 20.8 Å². The lowest BCUT2D eigenvalue weighted by molar-refractivity contribution is 0.0383. The maximum Gasteiger partial charge on any atom is 0.161 e. The fraction of sp³-hybridized carbons (Fsp3) is 0.647. The lowest BCUT2D eigenvalue weighted by Gasteiger charge is -2.48. The van der Waals surface area contributed by atoms with Crippen LogP contribution in [0.25, 0.3) is 0 Å². The van der Waals surface area contributed by atoms with Gasteiger partial charge < -0.3 is 14.6 Å². The Morgan fingerprint density at radius 1 is 1.19 bits per heavy atom. The molecule has 0 amide bonds. The molecular weight excluding hydrogens is 266 g/mol. The minimum Gasteiger partial charge on any atom is -0.493 e. The van der Waals surface area contributed by atoms with Crippen LogP contribution >= 0.6 is 0 Å². The van der Waals surface area contributed by atoms with Crippen LogP contribution in [0.4, 0.5) is 0 Å². The standard InChI is InChI=1S/C17H23NO3/c1-20-14-7-11-10-18-6-5-17(13(11)9-15(14)21-2)4-3-12(19)8-16(17)18/h7,9,12,16,19H,3-6,8,10H2,1-2H3/t12-,16+,17+/m1/s1. The Bertz CT molecular complexity index is 573. The second-order valence-corrected chi connectivity index (χ2v) is 6.68. The first kappa shape index (κ1) is 13.4. The molecule has 2 aliphatic heterocycles. The molecule has 4 rings (SSSR count). The minimum atomic E-state index is -0.134. The van der Waals surface area contributed by atoms with Gasteiger partial charge in [0.2, 0.25) is 0 Å². The van der Waals surface area contributed by atoms with Gasteiger partial charge in [0, 0.05) is 18.0 Å². The minimum absolute atomic E-state index is 0.134. The van der Waals surface area contributed by atoms with E-state index in [0.717, 1.165) is 43.9 Å². The number of nitrogens with zero attached hydrogens (tertiary/aromatic N) is 1. The van der Waals surface area contributed by atoms with Crippen LogP contribution in [0.15, 0.2) is 12.1 Å². The highest BCUT2D eigenvalue weighted by atomic mass is 16.5. The van der Waals surface area contributed by atoms with Gasteiger partial charge in [0.05, 0.1) is 20.3 Å². The van der Waals surface area contributed by atoms with E-state index in [2.05, 4.69) is 17.0 Å². The number of rotatable bonds is 2. The lowest BCUT2D eigenvalue weighted by atomic mass is 9.63. The highest BCUT2D eigenvalue weighted by molar-refractivity contribution is 5.53. The van der Waals surface area contributed by atoms with Crippen LogP contribution in [0.1, 0.15) is 36.8 Å². The number of fused-ring (bicyclic) bond motifs is 1. The molecule has 2 fully saturated rings. The lowest BCUT2D eigenvalue weighted by Crippen LogP contribution is -2.51. The molecule has 21 heavy (non-hydrogen) atoms. The second kappa shape index (κ2) is 4.62. The van der Waals surface area contributed by atoms with Gasteiger partial charge in [0.25, 0.3) is 0 Å². The average molecular weight is 289 g/mol. The number of hydrogen-bond acceptors (Lipinski definition) is 4. The number of hydrogen-bond donors (Lipinski definition) is 1. The topological polar surface area (TPSA) is 41.9 Å². The van der Waals surface area contributed by atoms with E-state index in [0.29, 0.717) is 6.04 Å². The van der Waals surface area contributed by atoms with Crippen molar-refractivity contribution in [1.29, 1.82) is 0 Å². The summed E-state index contributed by atoms with van der Waals surface area (Å²) in [5, 5.41) is 10.1. The zero-order chi connectivity index (χ0) is 14.6. The molecule has 4 nitrogen and oxygen atoms in total. The van der Waals surface area contributed by atoms with E-state index >= 15 is 0 Å². The second-order valence-electron chi connectivity index (χ2n) is 6.68. The van der Waals surface area contributed by atoms with Gasteiger partial charge >= 0.3 is 0 Å². The first-order valence-corrected chi connectivity index (χ1v) is 7.85. The van der Waals surface area contributed by atoms with Gasteiger partial charge in [0.15, 0.2) is 11.5 Å². The molecule has 0 radical (unpaired) electrons. The fourth-order valence-corrected chi connectivity index (χ4v) is 4.85.